The smallest absolute Gasteiger partial charge is 0.0887 e. The molecule has 2 saturated heterocycles. The van der Waals surface area contributed by atoms with Gasteiger partial charge in [0.2, 0.25) is 0 Å². The van der Waals surface area contributed by atoms with Gasteiger partial charge in [0.15, 0.2) is 0 Å². The molecule has 2 heteroatoms. The summed E-state index contributed by atoms with van der Waals surface area (Å²) in [6.45, 7) is 2.30. The molecule has 1 aliphatic carbocycles. The highest BCUT2D eigenvalue weighted by atomic mass is 16.5. The molecule has 2 heterocycles. The summed E-state index contributed by atoms with van der Waals surface area (Å²) in [5, 5.41) is 9.72. The lowest BCUT2D eigenvalue weighted by molar-refractivity contribution is 0.0391. The quantitative estimate of drug-likeness (QED) is 0.729. The third-order valence-electron chi connectivity index (χ3n) is 5.54. The lowest BCUT2D eigenvalue weighted by Gasteiger charge is -2.41. The van der Waals surface area contributed by atoms with Crippen molar-refractivity contribution >= 4 is 0 Å². The van der Waals surface area contributed by atoms with Crippen molar-refractivity contribution in [1.29, 1.82) is 5.26 Å². The number of rotatable bonds is 2. The predicted octanol–water partition coefficient (Wildman–Crippen LogP) is 3.66. The molecule has 0 radical (unpaired) electrons. The third-order valence-corrected chi connectivity index (χ3v) is 5.54. The van der Waals surface area contributed by atoms with E-state index in [-0.39, 0.29) is 11.5 Å². The van der Waals surface area contributed by atoms with Crippen molar-refractivity contribution in [1.82, 2.24) is 0 Å². The van der Waals surface area contributed by atoms with Gasteiger partial charge in [0.05, 0.1) is 23.7 Å². The van der Waals surface area contributed by atoms with E-state index in [0.717, 1.165) is 18.8 Å². The molecule has 2 nitrogen and oxygen atoms in total. The lowest BCUT2D eigenvalue weighted by atomic mass is 9.60. The first-order chi connectivity index (χ1) is 8.28. The van der Waals surface area contributed by atoms with E-state index in [9.17, 15) is 5.26 Å². The molecule has 3 aliphatic rings. The Labute approximate surface area is 104 Å². The summed E-state index contributed by atoms with van der Waals surface area (Å²) in [5.74, 6) is 1.47. The maximum Gasteiger partial charge on any atom is 0.0887 e. The van der Waals surface area contributed by atoms with Crippen LogP contribution >= 0.6 is 0 Å². The highest BCUT2D eigenvalue weighted by Gasteiger charge is 2.57. The fraction of sp³-hybridized carbons (Fsp3) is 0.933. The lowest BCUT2D eigenvalue weighted by Crippen LogP contribution is -2.40. The van der Waals surface area contributed by atoms with Gasteiger partial charge < -0.3 is 4.74 Å². The monoisotopic (exact) mass is 233 g/mol. The van der Waals surface area contributed by atoms with Gasteiger partial charge in [-0.25, -0.2) is 0 Å². The number of nitriles is 1. The molecular weight excluding hydrogens is 210 g/mol. The van der Waals surface area contributed by atoms with Crippen molar-refractivity contribution in [2.45, 2.75) is 70.5 Å². The normalized spacial score (nSPS) is 49.2. The van der Waals surface area contributed by atoms with Crippen LogP contribution in [0.15, 0.2) is 0 Å². The Morgan fingerprint density at radius 3 is 2.76 bits per heavy atom. The summed E-state index contributed by atoms with van der Waals surface area (Å²) in [5.41, 5.74) is -0.114. The molecule has 3 rings (SSSR count). The van der Waals surface area contributed by atoms with Crippen LogP contribution in [0.5, 0.6) is 0 Å². The first-order valence-electron chi connectivity index (χ1n) is 7.35. The summed E-state index contributed by atoms with van der Waals surface area (Å²) in [6, 6.07) is 2.70. The summed E-state index contributed by atoms with van der Waals surface area (Å²) < 4.78 is 5.98. The van der Waals surface area contributed by atoms with Crippen molar-refractivity contribution in [2.24, 2.45) is 17.3 Å². The molecule has 17 heavy (non-hydrogen) atoms. The van der Waals surface area contributed by atoms with Crippen molar-refractivity contribution in [3.8, 4) is 6.07 Å². The van der Waals surface area contributed by atoms with Crippen molar-refractivity contribution < 1.29 is 4.74 Å². The SMILES string of the molecule is CCC1CCCC(C2(C#N)CC3CCC2O3)C1. The van der Waals surface area contributed by atoms with Crippen LogP contribution in [0, 0.1) is 28.6 Å². The van der Waals surface area contributed by atoms with E-state index >= 15 is 0 Å². The van der Waals surface area contributed by atoms with E-state index in [2.05, 4.69) is 13.0 Å². The molecule has 0 aromatic carbocycles. The highest BCUT2D eigenvalue weighted by Crippen LogP contribution is 2.55. The molecule has 0 spiro atoms. The number of hydrogen-bond acceptors (Lipinski definition) is 2. The molecule has 0 N–H and O–H groups in total. The van der Waals surface area contributed by atoms with Gasteiger partial charge in [-0.05, 0) is 43.9 Å². The molecule has 2 aliphatic heterocycles. The minimum Gasteiger partial charge on any atom is -0.373 e. The van der Waals surface area contributed by atoms with Gasteiger partial charge in [-0.3, -0.25) is 0 Å². The first kappa shape index (κ1) is 11.5. The van der Waals surface area contributed by atoms with Crippen LogP contribution < -0.4 is 0 Å². The topological polar surface area (TPSA) is 33.0 Å². The molecule has 0 aromatic heterocycles. The van der Waals surface area contributed by atoms with Gasteiger partial charge in [0.1, 0.15) is 0 Å². The predicted molar refractivity (Wildman–Crippen MR) is 66.3 cm³/mol. The van der Waals surface area contributed by atoms with E-state index in [1.165, 1.54) is 38.5 Å². The van der Waals surface area contributed by atoms with Gasteiger partial charge in [-0.15, -0.1) is 0 Å². The largest absolute Gasteiger partial charge is 0.373 e. The van der Waals surface area contributed by atoms with Crippen molar-refractivity contribution in [3.63, 3.8) is 0 Å². The second-order valence-electron chi connectivity index (χ2n) is 6.32. The molecule has 3 fully saturated rings. The van der Waals surface area contributed by atoms with Crippen molar-refractivity contribution in [3.05, 3.63) is 0 Å². The van der Waals surface area contributed by atoms with E-state index in [1.807, 2.05) is 0 Å². The van der Waals surface area contributed by atoms with Crippen LogP contribution in [0.4, 0.5) is 0 Å². The number of fused-ring (bicyclic) bond motifs is 2. The minimum absolute atomic E-state index is 0.114. The van der Waals surface area contributed by atoms with E-state index in [4.69, 9.17) is 4.74 Å². The maximum absolute atomic E-state index is 9.72. The first-order valence-corrected chi connectivity index (χ1v) is 7.35. The van der Waals surface area contributed by atoms with Crippen LogP contribution in [0.25, 0.3) is 0 Å². The summed E-state index contributed by atoms with van der Waals surface area (Å²) in [6.07, 6.45) is 10.5. The fourth-order valence-corrected chi connectivity index (χ4v) is 4.51. The average molecular weight is 233 g/mol. The van der Waals surface area contributed by atoms with Crippen LogP contribution in [-0.2, 0) is 4.74 Å². The van der Waals surface area contributed by atoms with Crippen LogP contribution in [-0.4, -0.2) is 12.2 Å². The molecule has 1 saturated carbocycles. The minimum atomic E-state index is -0.114. The van der Waals surface area contributed by atoms with Gasteiger partial charge in [0, 0.05) is 0 Å². The Morgan fingerprint density at radius 2 is 2.18 bits per heavy atom. The van der Waals surface area contributed by atoms with Crippen LogP contribution in [0.2, 0.25) is 0 Å². The van der Waals surface area contributed by atoms with Crippen LogP contribution in [0.3, 0.4) is 0 Å². The van der Waals surface area contributed by atoms with Gasteiger partial charge >= 0.3 is 0 Å². The third kappa shape index (κ3) is 1.71. The maximum atomic E-state index is 9.72. The highest BCUT2D eigenvalue weighted by molar-refractivity contribution is 5.15. The molecule has 0 amide bonds. The zero-order valence-corrected chi connectivity index (χ0v) is 10.8. The van der Waals surface area contributed by atoms with Gasteiger partial charge in [-0.1, -0.05) is 26.2 Å². The zero-order chi connectivity index (χ0) is 11.9. The summed E-state index contributed by atoms with van der Waals surface area (Å²) in [7, 11) is 0. The second kappa shape index (κ2) is 4.28. The molecule has 2 bridgehead atoms. The fourth-order valence-electron chi connectivity index (χ4n) is 4.51. The summed E-state index contributed by atoms with van der Waals surface area (Å²) in [4.78, 5) is 0. The number of hydrogen-bond donors (Lipinski definition) is 0. The Hall–Kier alpha value is -0.550. The second-order valence-corrected chi connectivity index (χ2v) is 6.32. The van der Waals surface area contributed by atoms with Crippen LogP contribution in [0.1, 0.15) is 58.3 Å². The summed E-state index contributed by atoms with van der Waals surface area (Å²) >= 11 is 0. The van der Waals surface area contributed by atoms with Gasteiger partial charge in [-0.2, -0.15) is 5.26 Å². The molecular formula is C15H23NO. The Kier molecular flexibility index (Phi) is 2.91. The molecule has 0 aromatic rings. The number of ether oxygens (including phenoxy) is 1. The van der Waals surface area contributed by atoms with Gasteiger partial charge in [0.25, 0.3) is 0 Å². The van der Waals surface area contributed by atoms with Crippen molar-refractivity contribution in [2.75, 3.05) is 0 Å². The zero-order valence-electron chi connectivity index (χ0n) is 10.8. The molecule has 5 unspecified atom stereocenters. The Bertz CT molecular complexity index is 334. The van der Waals surface area contributed by atoms with E-state index in [0.29, 0.717) is 12.0 Å². The standard InChI is InChI=1S/C15H23NO/c1-2-11-4-3-5-12(8-11)15(10-16)9-13-6-7-14(15)17-13/h11-14H,2-9H2,1H3. The Morgan fingerprint density at radius 1 is 1.29 bits per heavy atom. The number of nitrogens with zero attached hydrogens (tertiary/aromatic N) is 1. The van der Waals surface area contributed by atoms with E-state index in [1.54, 1.807) is 0 Å². The Balaban J connectivity index is 1.79. The van der Waals surface area contributed by atoms with E-state index < -0.39 is 0 Å². The molecule has 94 valence electrons. The average Bonchev–Trinajstić information content (AvgIpc) is 2.99. The molecule has 5 atom stereocenters.